The number of alkyl halides is 1. The third-order valence-corrected chi connectivity index (χ3v) is 3.60. The van der Waals surface area contributed by atoms with Gasteiger partial charge in [0, 0.05) is 11.1 Å². The average molecular weight is 273 g/mol. The molecule has 0 saturated carbocycles. The second-order valence-corrected chi connectivity index (χ2v) is 5.07. The molecule has 0 aromatic heterocycles. The first-order chi connectivity index (χ1) is 9.12. The second-order valence-electron chi connectivity index (χ2n) is 4.51. The third kappa shape index (κ3) is 2.19. The van der Waals surface area contributed by atoms with Gasteiger partial charge in [0.2, 0.25) is 5.79 Å². The van der Waals surface area contributed by atoms with Crippen LogP contribution in [-0.2, 0) is 15.6 Å². The van der Waals surface area contributed by atoms with Crippen molar-refractivity contribution in [2.24, 2.45) is 0 Å². The first kappa shape index (κ1) is 12.4. The van der Waals surface area contributed by atoms with Crippen molar-refractivity contribution in [3.63, 3.8) is 0 Å². The summed E-state index contributed by atoms with van der Waals surface area (Å²) in [5, 5.41) is 9.43. The molecule has 19 heavy (non-hydrogen) atoms. The molecule has 2 unspecified atom stereocenters. The van der Waals surface area contributed by atoms with Gasteiger partial charge >= 0.3 is 0 Å². The summed E-state index contributed by atoms with van der Waals surface area (Å²) in [6.07, 6.45) is 3.26. The molecule has 0 amide bonds. The van der Waals surface area contributed by atoms with E-state index in [1.807, 2.05) is 48.5 Å². The predicted octanol–water partition coefficient (Wildman–Crippen LogP) is 3.51. The maximum Gasteiger partial charge on any atom is 0.215 e. The first-order valence-electron chi connectivity index (χ1n) is 6.05. The summed E-state index contributed by atoms with van der Waals surface area (Å²) in [5.41, 5.74) is 1.45. The Labute approximate surface area is 116 Å². The maximum absolute atomic E-state index is 10.6. The van der Waals surface area contributed by atoms with Gasteiger partial charge in [-0.3, -0.25) is 0 Å². The summed E-state index contributed by atoms with van der Waals surface area (Å²) in [6, 6.07) is 18.6. The predicted molar refractivity (Wildman–Crippen MR) is 74.5 cm³/mol. The Morgan fingerprint density at radius 3 is 1.89 bits per heavy atom. The minimum absolute atomic E-state index is 0.657. The van der Waals surface area contributed by atoms with Crippen molar-refractivity contribution in [3.05, 3.63) is 83.9 Å². The second kappa shape index (κ2) is 4.49. The van der Waals surface area contributed by atoms with Crippen LogP contribution in [0.25, 0.3) is 0 Å². The van der Waals surface area contributed by atoms with Crippen LogP contribution in [0.5, 0.6) is 0 Å². The van der Waals surface area contributed by atoms with Crippen molar-refractivity contribution in [1.82, 2.24) is 0 Å². The molecule has 0 radical (unpaired) electrons. The van der Waals surface area contributed by atoms with Crippen LogP contribution in [0, 0.1) is 0 Å². The molecule has 2 aromatic carbocycles. The van der Waals surface area contributed by atoms with Gasteiger partial charge in [0.25, 0.3) is 0 Å². The van der Waals surface area contributed by atoms with E-state index < -0.39 is 10.8 Å². The van der Waals surface area contributed by atoms with Gasteiger partial charge in [0.15, 0.2) is 5.06 Å². The van der Waals surface area contributed by atoms with Gasteiger partial charge in [-0.25, -0.2) is 0 Å². The van der Waals surface area contributed by atoms with Crippen LogP contribution in [0.2, 0.25) is 0 Å². The van der Waals surface area contributed by atoms with E-state index in [9.17, 15) is 5.11 Å². The van der Waals surface area contributed by atoms with Crippen LogP contribution in [0.4, 0.5) is 0 Å². The molecule has 3 heteroatoms. The lowest BCUT2D eigenvalue weighted by Crippen LogP contribution is -2.29. The standard InChI is InChI=1S/C16H13ClO2/c17-15(13-7-3-1-4-8-13)11-12-16(18,19-15)14-9-5-2-6-10-14/h1-12,18H. The van der Waals surface area contributed by atoms with Crippen LogP contribution in [0.1, 0.15) is 11.1 Å². The van der Waals surface area contributed by atoms with Crippen LogP contribution in [0.15, 0.2) is 72.8 Å². The largest absolute Gasteiger partial charge is 0.359 e. The van der Waals surface area contributed by atoms with Gasteiger partial charge in [-0.2, -0.15) is 0 Å². The van der Waals surface area contributed by atoms with E-state index >= 15 is 0 Å². The molecule has 0 fully saturated rings. The molecule has 96 valence electrons. The van der Waals surface area contributed by atoms with E-state index in [0.29, 0.717) is 5.56 Å². The van der Waals surface area contributed by atoms with Gasteiger partial charge in [-0.1, -0.05) is 72.3 Å². The number of rotatable bonds is 2. The Morgan fingerprint density at radius 1 is 0.789 bits per heavy atom. The fourth-order valence-corrected chi connectivity index (χ4v) is 2.47. The minimum atomic E-state index is -1.49. The Hall–Kier alpha value is -1.61. The molecule has 0 aliphatic carbocycles. The monoisotopic (exact) mass is 272 g/mol. The summed E-state index contributed by atoms with van der Waals surface area (Å²) in [7, 11) is 0. The topological polar surface area (TPSA) is 29.5 Å². The van der Waals surface area contributed by atoms with Gasteiger partial charge < -0.3 is 9.84 Å². The van der Waals surface area contributed by atoms with Crippen molar-refractivity contribution in [1.29, 1.82) is 0 Å². The third-order valence-electron chi connectivity index (χ3n) is 3.18. The molecule has 0 saturated heterocycles. The summed E-state index contributed by atoms with van der Waals surface area (Å²) in [5.74, 6) is -1.49. The number of ether oxygens (including phenoxy) is 1. The van der Waals surface area contributed by atoms with Crippen LogP contribution in [-0.4, -0.2) is 5.11 Å². The highest BCUT2D eigenvalue weighted by Gasteiger charge is 2.44. The molecule has 3 rings (SSSR count). The molecule has 1 aliphatic rings. The van der Waals surface area contributed by atoms with E-state index in [1.165, 1.54) is 0 Å². The van der Waals surface area contributed by atoms with Crippen LogP contribution in [0.3, 0.4) is 0 Å². The van der Waals surface area contributed by atoms with Crippen molar-refractivity contribution >= 4 is 11.6 Å². The van der Waals surface area contributed by atoms with E-state index in [4.69, 9.17) is 16.3 Å². The molecule has 1 N–H and O–H groups in total. The highest BCUT2D eigenvalue weighted by atomic mass is 35.5. The Bertz CT molecular complexity index is 543. The average Bonchev–Trinajstić information content (AvgIpc) is 2.80. The zero-order valence-corrected chi connectivity index (χ0v) is 10.9. The molecule has 2 nitrogen and oxygen atoms in total. The molecule has 1 aliphatic heterocycles. The lowest BCUT2D eigenvalue weighted by atomic mass is 10.1. The minimum Gasteiger partial charge on any atom is -0.359 e. The molecule has 1 heterocycles. The van der Waals surface area contributed by atoms with E-state index in [2.05, 4.69) is 0 Å². The number of benzene rings is 2. The summed E-state index contributed by atoms with van der Waals surface area (Å²) < 4.78 is 5.72. The molecule has 2 aromatic rings. The smallest absolute Gasteiger partial charge is 0.215 e. The summed E-state index contributed by atoms with van der Waals surface area (Å²) in [6.45, 7) is 0. The van der Waals surface area contributed by atoms with E-state index in [0.717, 1.165) is 5.56 Å². The van der Waals surface area contributed by atoms with Gasteiger partial charge in [-0.05, 0) is 12.2 Å². The van der Waals surface area contributed by atoms with Crippen molar-refractivity contribution < 1.29 is 9.84 Å². The SMILES string of the molecule is OC1(c2ccccc2)C=CC(Cl)(c2ccccc2)O1. The fraction of sp³-hybridized carbons (Fsp3) is 0.125. The summed E-state index contributed by atoms with van der Waals surface area (Å²) >= 11 is 6.46. The fourth-order valence-electron chi connectivity index (χ4n) is 2.17. The normalized spacial score (nSPS) is 29.6. The molecule has 0 spiro atoms. The molecule has 2 atom stereocenters. The Kier molecular flexibility index (Phi) is 2.94. The number of hydrogen-bond acceptors (Lipinski definition) is 2. The van der Waals surface area contributed by atoms with Crippen LogP contribution >= 0.6 is 11.6 Å². The van der Waals surface area contributed by atoms with Crippen molar-refractivity contribution in [3.8, 4) is 0 Å². The summed E-state index contributed by atoms with van der Waals surface area (Å²) in [4.78, 5) is 0. The number of hydrogen-bond donors (Lipinski definition) is 1. The number of aliphatic hydroxyl groups is 1. The van der Waals surface area contributed by atoms with Gasteiger partial charge in [0.05, 0.1) is 0 Å². The Balaban J connectivity index is 1.95. The number of halogens is 1. The van der Waals surface area contributed by atoms with Crippen LogP contribution < -0.4 is 0 Å². The van der Waals surface area contributed by atoms with E-state index in [-0.39, 0.29) is 0 Å². The lowest BCUT2D eigenvalue weighted by molar-refractivity contribution is -0.194. The maximum atomic E-state index is 10.6. The molecular weight excluding hydrogens is 260 g/mol. The molecule has 0 bridgehead atoms. The van der Waals surface area contributed by atoms with Crippen molar-refractivity contribution in [2.75, 3.05) is 0 Å². The Morgan fingerprint density at radius 2 is 1.32 bits per heavy atom. The highest BCUT2D eigenvalue weighted by molar-refractivity contribution is 6.24. The van der Waals surface area contributed by atoms with Crippen molar-refractivity contribution in [2.45, 2.75) is 10.8 Å². The lowest BCUT2D eigenvalue weighted by Gasteiger charge is -2.28. The van der Waals surface area contributed by atoms with Gasteiger partial charge in [0.1, 0.15) is 0 Å². The quantitative estimate of drug-likeness (QED) is 0.670. The van der Waals surface area contributed by atoms with Gasteiger partial charge in [-0.15, -0.1) is 0 Å². The highest BCUT2D eigenvalue weighted by Crippen LogP contribution is 2.45. The zero-order chi connectivity index (χ0) is 13.3. The zero-order valence-electron chi connectivity index (χ0n) is 10.2. The first-order valence-corrected chi connectivity index (χ1v) is 6.43. The molecular formula is C16H13ClO2. The van der Waals surface area contributed by atoms with E-state index in [1.54, 1.807) is 24.3 Å².